The summed E-state index contributed by atoms with van der Waals surface area (Å²) in [4.78, 5) is 27.4. The van der Waals surface area contributed by atoms with E-state index in [1.807, 2.05) is 0 Å². The molecule has 7 nitrogen and oxygen atoms in total. The van der Waals surface area contributed by atoms with Gasteiger partial charge in [-0.25, -0.2) is 0 Å². The zero-order valence-corrected chi connectivity index (χ0v) is 11.7. The Balaban J connectivity index is 2.04. The third-order valence-electron chi connectivity index (χ3n) is 2.91. The largest absolute Gasteiger partial charge is 0.497 e. The Labute approximate surface area is 122 Å². The van der Waals surface area contributed by atoms with Crippen LogP contribution in [0, 0.1) is 0 Å². The number of nitrogens with one attached hydrogen (secondary N) is 2. The number of amides is 1. The molecule has 8 heteroatoms. The first-order valence-electron chi connectivity index (χ1n) is 5.96. The molecule has 0 aliphatic carbocycles. The molecular formula is C13H10N4O3S. The molecule has 0 saturated heterocycles. The van der Waals surface area contributed by atoms with Crippen molar-refractivity contribution in [2.24, 2.45) is 0 Å². The first-order valence-corrected chi connectivity index (χ1v) is 6.84. The first kappa shape index (κ1) is 13.3. The second-order valence-electron chi connectivity index (χ2n) is 4.14. The highest BCUT2D eigenvalue weighted by atomic mass is 32.1. The number of ether oxygens (including phenoxy) is 1. The molecule has 0 atom stereocenters. The molecule has 0 fully saturated rings. The predicted octanol–water partition coefficient (Wildman–Crippen LogP) is 1.64. The second kappa shape index (κ2) is 5.33. The fourth-order valence-electron chi connectivity index (χ4n) is 1.89. The van der Waals surface area contributed by atoms with Crippen molar-refractivity contribution in [2.45, 2.75) is 0 Å². The monoisotopic (exact) mass is 302 g/mol. The van der Waals surface area contributed by atoms with Crippen molar-refractivity contribution in [1.82, 2.24) is 15.2 Å². The van der Waals surface area contributed by atoms with Crippen LogP contribution in [0.3, 0.4) is 0 Å². The Bertz CT molecular complexity index is 857. The number of fused-ring (bicyclic) bond motifs is 1. The topological polar surface area (TPSA) is 97.0 Å². The summed E-state index contributed by atoms with van der Waals surface area (Å²) in [6.07, 6.45) is 1.38. The average molecular weight is 302 g/mol. The summed E-state index contributed by atoms with van der Waals surface area (Å²) < 4.78 is 5.09. The van der Waals surface area contributed by atoms with Gasteiger partial charge in [-0.2, -0.15) is 0 Å². The van der Waals surface area contributed by atoms with E-state index in [1.54, 1.807) is 18.2 Å². The number of aromatic amines is 1. The third-order valence-corrected chi connectivity index (χ3v) is 3.52. The van der Waals surface area contributed by atoms with Crippen LogP contribution >= 0.6 is 11.3 Å². The van der Waals surface area contributed by atoms with Crippen molar-refractivity contribution in [3.63, 3.8) is 0 Å². The van der Waals surface area contributed by atoms with Gasteiger partial charge >= 0.3 is 0 Å². The molecule has 0 spiro atoms. The summed E-state index contributed by atoms with van der Waals surface area (Å²) in [5.74, 6) is 0.0207. The van der Waals surface area contributed by atoms with Gasteiger partial charge in [0.2, 0.25) is 10.6 Å². The van der Waals surface area contributed by atoms with Crippen LogP contribution in [0.1, 0.15) is 10.4 Å². The molecule has 2 aromatic heterocycles. The standard InChI is InChI=1S/C13H10N4O3S/c1-20-7-2-3-10-8(4-7)11(18)9(5-14-10)12(19)16-13-17-15-6-21-13/h2-6H,1H3,(H,14,18)(H,16,17,19). The van der Waals surface area contributed by atoms with Gasteiger partial charge in [-0.05, 0) is 18.2 Å². The van der Waals surface area contributed by atoms with E-state index in [1.165, 1.54) is 30.2 Å². The summed E-state index contributed by atoms with van der Waals surface area (Å²) in [5.41, 5.74) is 1.76. The van der Waals surface area contributed by atoms with E-state index < -0.39 is 5.91 Å². The minimum atomic E-state index is -0.530. The third kappa shape index (κ3) is 2.48. The molecule has 0 radical (unpaired) electrons. The SMILES string of the molecule is COc1ccc2[nH]cc(C(=O)Nc3nncs3)c(=O)c2c1. The van der Waals surface area contributed by atoms with E-state index in [0.29, 0.717) is 21.8 Å². The van der Waals surface area contributed by atoms with Gasteiger partial charge in [0, 0.05) is 17.1 Å². The van der Waals surface area contributed by atoms with Crippen LogP contribution in [0.25, 0.3) is 10.9 Å². The van der Waals surface area contributed by atoms with Crippen molar-refractivity contribution in [2.75, 3.05) is 12.4 Å². The molecule has 2 heterocycles. The van der Waals surface area contributed by atoms with Gasteiger partial charge in [0.05, 0.1) is 7.11 Å². The van der Waals surface area contributed by atoms with Crippen LogP contribution < -0.4 is 15.5 Å². The predicted molar refractivity (Wildman–Crippen MR) is 79.0 cm³/mol. The summed E-state index contributed by atoms with van der Waals surface area (Å²) in [7, 11) is 1.52. The number of nitrogens with zero attached hydrogens (tertiary/aromatic N) is 2. The minimum Gasteiger partial charge on any atom is -0.497 e. The molecule has 0 bridgehead atoms. The molecule has 21 heavy (non-hydrogen) atoms. The van der Waals surface area contributed by atoms with Gasteiger partial charge < -0.3 is 9.72 Å². The maximum absolute atomic E-state index is 12.4. The van der Waals surface area contributed by atoms with E-state index in [-0.39, 0.29) is 11.0 Å². The highest BCUT2D eigenvalue weighted by Gasteiger charge is 2.14. The van der Waals surface area contributed by atoms with Crippen LogP contribution in [0.4, 0.5) is 5.13 Å². The lowest BCUT2D eigenvalue weighted by atomic mass is 10.1. The van der Waals surface area contributed by atoms with Crippen LogP contribution in [0.5, 0.6) is 5.75 Å². The quantitative estimate of drug-likeness (QED) is 0.766. The smallest absolute Gasteiger partial charge is 0.262 e. The summed E-state index contributed by atoms with van der Waals surface area (Å²) in [6, 6.07) is 5.05. The van der Waals surface area contributed by atoms with Gasteiger partial charge in [-0.15, -0.1) is 10.2 Å². The maximum Gasteiger partial charge on any atom is 0.262 e. The first-order chi connectivity index (χ1) is 10.2. The fourth-order valence-corrected chi connectivity index (χ4v) is 2.33. The van der Waals surface area contributed by atoms with Gasteiger partial charge in [0.1, 0.15) is 16.8 Å². The van der Waals surface area contributed by atoms with Crippen molar-refractivity contribution >= 4 is 33.3 Å². The summed E-state index contributed by atoms with van der Waals surface area (Å²) in [6.45, 7) is 0. The number of carbonyl (C=O) groups excluding carboxylic acids is 1. The van der Waals surface area contributed by atoms with Crippen molar-refractivity contribution < 1.29 is 9.53 Å². The minimum absolute atomic E-state index is 0.00551. The lowest BCUT2D eigenvalue weighted by Gasteiger charge is -2.05. The van der Waals surface area contributed by atoms with E-state index in [0.717, 1.165) is 0 Å². The molecule has 0 aliphatic rings. The van der Waals surface area contributed by atoms with Gasteiger partial charge in [0.25, 0.3) is 5.91 Å². The Morgan fingerprint density at radius 3 is 3.00 bits per heavy atom. The average Bonchev–Trinajstić information content (AvgIpc) is 3.00. The molecule has 1 aromatic carbocycles. The van der Waals surface area contributed by atoms with Crippen LogP contribution in [0.2, 0.25) is 0 Å². The second-order valence-corrected chi connectivity index (χ2v) is 4.97. The highest BCUT2D eigenvalue weighted by molar-refractivity contribution is 7.13. The van der Waals surface area contributed by atoms with E-state index in [2.05, 4.69) is 20.5 Å². The molecular weight excluding hydrogens is 292 g/mol. The number of pyridine rings is 1. The normalized spacial score (nSPS) is 10.5. The Hall–Kier alpha value is -2.74. The van der Waals surface area contributed by atoms with Crippen molar-refractivity contribution in [3.05, 3.63) is 45.7 Å². The number of H-pyrrole nitrogens is 1. The highest BCUT2D eigenvalue weighted by Crippen LogP contribution is 2.17. The number of rotatable bonds is 3. The molecule has 2 N–H and O–H groups in total. The number of carbonyl (C=O) groups is 1. The summed E-state index contributed by atoms with van der Waals surface area (Å²) in [5, 5.41) is 10.6. The van der Waals surface area contributed by atoms with Crippen LogP contribution in [-0.2, 0) is 0 Å². The number of aromatic nitrogens is 3. The number of anilines is 1. The maximum atomic E-state index is 12.4. The van der Waals surface area contributed by atoms with Crippen molar-refractivity contribution in [3.8, 4) is 5.75 Å². The van der Waals surface area contributed by atoms with Gasteiger partial charge in [0.15, 0.2) is 0 Å². The van der Waals surface area contributed by atoms with Crippen LogP contribution in [0.15, 0.2) is 34.7 Å². The zero-order chi connectivity index (χ0) is 14.8. The number of methoxy groups -OCH3 is 1. The molecule has 3 aromatic rings. The van der Waals surface area contributed by atoms with Crippen molar-refractivity contribution in [1.29, 1.82) is 0 Å². The number of hydrogen-bond acceptors (Lipinski definition) is 6. The Morgan fingerprint density at radius 1 is 1.43 bits per heavy atom. The molecule has 3 rings (SSSR count). The van der Waals surface area contributed by atoms with Gasteiger partial charge in [-0.1, -0.05) is 11.3 Å². The Kier molecular flexibility index (Phi) is 3.36. The molecule has 0 unspecified atom stereocenters. The van der Waals surface area contributed by atoms with E-state index in [9.17, 15) is 9.59 Å². The molecule has 0 aliphatic heterocycles. The fraction of sp³-hybridized carbons (Fsp3) is 0.0769. The Morgan fingerprint density at radius 2 is 2.29 bits per heavy atom. The summed E-state index contributed by atoms with van der Waals surface area (Å²) >= 11 is 1.18. The van der Waals surface area contributed by atoms with Crippen LogP contribution in [-0.4, -0.2) is 28.2 Å². The van der Waals surface area contributed by atoms with E-state index >= 15 is 0 Å². The van der Waals surface area contributed by atoms with Gasteiger partial charge in [-0.3, -0.25) is 14.9 Å². The number of hydrogen-bond donors (Lipinski definition) is 2. The molecule has 1 amide bonds. The van der Waals surface area contributed by atoms with E-state index in [4.69, 9.17) is 4.74 Å². The lowest BCUT2D eigenvalue weighted by molar-refractivity contribution is 0.102. The zero-order valence-electron chi connectivity index (χ0n) is 10.9. The lowest BCUT2D eigenvalue weighted by Crippen LogP contribution is -2.21. The molecule has 106 valence electrons. The number of benzene rings is 1. The molecule has 0 saturated carbocycles.